The van der Waals surface area contributed by atoms with Gasteiger partial charge in [-0.15, -0.1) is 0 Å². The van der Waals surface area contributed by atoms with Gasteiger partial charge >= 0.3 is 0 Å². The van der Waals surface area contributed by atoms with Crippen LogP contribution >= 0.6 is 0 Å². The highest BCUT2D eigenvalue weighted by Crippen LogP contribution is 2.28. The minimum atomic E-state index is -4.08. The smallest absolute Gasteiger partial charge is 0.284 e. The van der Waals surface area contributed by atoms with Crippen molar-refractivity contribution >= 4 is 21.2 Å². The van der Waals surface area contributed by atoms with Gasteiger partial charge in [-0.3, -0.25) is 18.9 Å². The Morgan fingerprint density at radius 3 is 2.37 bits per heavy atom. The Bertz CT molecular complexity index is 1750. The fraction of sp³-hybridized carbons (Fsp3) is 0.0435. The molecule has 176 valence electrons. The lowest BCUT2D eigenvalue weighted by atomic mass is 10.1. The van der Waals surface area contributed by atoms with Gasteiger partial charge in [0.15, 0.2) is 11.2 Å². The number of aromatic nitrogens is 5. The molecule has 35 heavy (non-hydrogen) atoms. The molecule has 0 atom stereocenters. The van der Waals surface area contributed by atoms with E-state index in [2.05, 4.69) is 15.0 Å². The fourth-order valence-electron chi connectivity index (χ4n) is 3.74. The number of methoxy groups -OCH3 is 1. The monoisotopic (exact) mass is 492 g/mol. The van der Waals surface area contributed by atoms with E-state index in [0.29, 0.717) is 11.4 Å². The van der Waals surface area contributed by atoms with E-state index in [9.17, 15) is 13.2 Å². The van der Waals surface area contributed by atoms with Crippen LogP contribution in [0.25, 0.3) is 33.7 Å². The molecule has 3 heterocycles. The van der Waals surface area contributed by atoms with Gasteiger partial charge in [-0.2, -0.15) is 0 Å². The average Bonchev–Trinajstić information content (AvgIpc) is 3.29. The van der Waals surface area contributed by atoms with Crippen molar-refractivity contribution in [3.63, 3.8) is 0 Å². The van der Waals surface area contributed by atoms with Crippen molar-refractivity contribution in [2.45, 2.75) is 4.90 Å². The molecule has 2 aromatic carbocycles. The molecule has 0 amide bonds. The van der Waals surface area contributed by atoms with Crippen molar-refractivity contribution < 1.29 is 17.5 Å². The van der Waals surface area contributed by atoms with Crippen LogP contribution in [0, 0.1) is 5.82 Å². The number of hydrogen-bond acceptors (Lipinski definition) is 7. The number of nitrogens with zero attached hydrogens (tertiary/aromatic N) is 5. The maximum Gasteiger partial charge on any atom is 0.284 e. The van der Waals surface area contributed by atoms with Crippen molar-refractivity contribution in [1.82, 2.24) is 24.1 Å². The predicted octanol–water partition coefficient (Wildman–Crippen LogP) is 2.43. The SMILES string of the molecule is COc1ccc(-n2cnc3ncn(-c4ccc(-c5ccncc5S(N)(=O)=O)cc4F)c(=O)c32)cc1. The second-order valence-corrected chi connectivity index (χ2v) is 9.02. The third kappa shape index (κ3) is 3.94. The van der Waals surface area contributed by atoms with Gasteiger partial charge in [-0.1, -0.05) is 6.07 Å². The standard InChI is InChI=1S/C23H17FN6O4S/c1-34-16-5-3-15(4-6-16)29-12-27-22-21(29)23(31)30(13-28-22)19-7-2-14(10-18(19)24)17-8-9-26-11-20(17)35(25,32)33/h2-13H,1H3,(H2,25,32,33). The van der Waals surface area contributed by atoms with Crippen LogP contribution in [0.5, 0.6) is 5.75 Å². The molecule has 0 saturated carbocycles. The van der Waals surface area contributed by atoms with Gasteiger partial charge in [0.1, 0.15) is 29.1 Å². The second kappa shape index (κ2) is 8.42. The molecule has 0 aliphatic carbocycles. The maximum atomic E-state index is 15.2. The van der Waals surface area contributed by atoms with Crippen LogP contribution in [-0.4, -0.2) is 39.6 Å². The summed E-state index contributed by atoms with van der Waals surface area (Å²) < 4.78 is 46.8. The molecule has 0 aliphatic heterocycles. The van der Waals surface area contributed by atoms with E-state index >= 15 is 4.39 Å². The second-order valence-electron chi connectivity index (χ2n) is 7.49. The lowest BCUT2D eigenvalue weighted by molar-refractivity contribution is 0.415. The number of imidazole rings is 1. The number of halogens is 1. The maximum absolute atomic E-state index is 15.2. The number of fused-ring (bicyclic) bond motifs is 1. The number of hydrogen-bond donors (Lipinski definition) is 1. The van der Waals surface area contributed by atoms with Gasteiger partial charge in [0.05, 0.1) is 12.8 Å². The number of benzene rings is 2. The molecule has 3 aromatic heterocycles. The molecule has 5 aromatic rings. The Morgan fingerprint density at radius 1 is 1.00 bits per heavy atom. The molecular formula is C23H17FN6O4S. The van der Waals surface area contributed by atoms with E-state index in [1.165, 1.54) is 37.1 Å². The molecule has 0 bridgehead atoms. The van der Waals surface area contributed by atoms with Crippen LogP contribution in [0.2, 0.25) is 0 Å². The van der Waals surface area contributed by atoms with E-state index in [0.717, 1.165) is 16.8 Å². The van der Waals surface area contributed by atoms with Crippen molar-refractivity contribution in [1.29, 1.82) is 0 Å². The molecule has 0 fully saturated rings. The highest BCUT2D eigenvalue weighted by molar-refractivity contribution is 7.89. The summed E-state index contributed by atoms with van der Waals surface area (Å²) in [6.45, 7) is 0. The number of nitrogens with two attached hydrogens (primary N) is 1. The largest absolute Gasteiger partial charge is 0.497 e. The summed E-state index contributed by atoms with van der Waals surface area (Å²) in [6.07, 6.45) is 5.12. The zero-order valence-electron chi connectivity index (χ0n) is 18.2. The Balaban J connectivity index is 1.63. The van der Waals surface area contributed by atoms with Gasteiger partial charge in [-0.25, -0.2) is 27.9 Å². The number of rotatable bonds is 5. The van der Waals surface area contributed by atoms with Crippen molar-refractivity contribution in [2.24, 2.45) is 5.14 Å². The van der Waals surface area contributed by atoms with Gasteiger partial charge in [0, 0.05) is 23.6 Å². The molecule has 2 N–H and O–H groups in total. The highest BCUT2D eigenvalue weighted by atomic mass is 32.2. The molecule has 0 saturated heterocycles. The van der Waals surface area contributed by atoms with Gasteiger partial charge in [0.25, 0.3) is 5.56 Å². The number of sulfonamides is 1. The Morgan fingerprint density at radius 2 is 1.71 bits per heavy atom. The normalized spacial score (nSPS) is 11.6. The van der Waals surface area contributed by atoms with Crippen LogP contribution in [0.3, 0.4) is 0 Å². The third-order valence-corrected chi connectivity index (χ3v) is 6.36. The van der Waals surface area contributed by atoms with Crippen molar-refractivity contribution in [2.75, 3.05) is 7.11 Å². The van der Waals surface area contributed by atoms with E-state index in [1.54, 1.807) is 35.9 Å². The van der Waals surface area contributed by atoms with Crippen LogP contribution < -0.4 is 15.4 Å². The first-order chi connectivity index (χ1) is 16.8. The van der Waals surface area contributed by atoms with Crippen LogP contribution in [0.4, 0.5) is 4.39 Å². The summed E-state index contributed by atoms with van der Waals surface area (Å²) in [4.78, 5) is 25.3. The van der Waals surface area contributed by atoms with Gasteiger partial charge in [0.2, 0.25) is 10.0 Å². The number of primary sulfonamides is 1. The van der Waals surface area contributed by atoms with Crippen LogP contribution in [-0.2, 0) is 10.0 Å². The van der Waals surface area contributed by atoms with E-state index < -0.39 is 21.4 Å². The molecule has 0 spiro atoms. The summed E-state index contributed by atoms with van der Waals surface area (Å²) in [6, 6.07) is 12.4. The summed E-state index contributed by atoms with van der Waals surface area (Å²) in [5.74, 6) is -0.117. The highest BCUT2D eigenvalue weighted by Gasteiger charge is 2.19. The molecule has 0 radical (unpaired) electrons. The van der Waals surface area contributed by atoms with Gasteiger partial charge in [-0.05, 0) is 48.0 Å². The number of pyridine rings is 1. The Kier molecular flexibility index (Phi) is 5.38. The summed E-state index contributed by atoms with van der Waals surface area (Å²) in [5, 5.41) is 5.26. The topological polar surface area (TPSA) is 135 Å². The summed E-state index contributed by atoms with van der Waals surface area (Å²) >= 11 is 0. The van der Waals surface area contributed by atoms with Crippen LogP contribution in [0.1, 0.15) is 0 Å². The lowest BCUT2D eigenvalue weighted by Crippen LogP contribution is -2.21. The van der Waals surface area contributed by atoms with E-state index in [1.807, 2.05) is 0 Å². The van der Waals surface area contributed by atoms with Crippen LogP contribution in [0.15, 0.2) is 83.3 Å². The zero-order chi connectivity index (χ0) is 24.7. The summed E-state index contributed by atoms with van der Waals surface area (Å²) in [7, 11) is -2.53. The fourth-order valence-corrected chi connectivity index (χ4v) is 4.44. The molecule has 5 rings (SSSR count). The first kappa shape index (κ1) is 22.4. The molecule has 0 unspecified atom stereocenters. The first-order valence-electron chi connectivity index (χ1n) is 10.1. The minimum absolute atomic E-state index is 0.0677. The van der Waals surface area contributed by atoms with Gasteiger partial charge < -0.3 is 4.74 Å². The van der Waals surface area contributed by atoms with Crippen molar-refractivity contribution in [3.05, 3.63) is 89.8 Å². The Hall–Kier alpha value is -4.42. The van der Waals surface area contributed by atoms with E-state index in [-0.39, 0.29) is 32.9 Å². The molecular weight excluding hydrogens is 475 g/mol. The molecule has 12 heteroatoms. The minimum Gasteiger partial charge on any atom is -0.497 e. The first-order valence-corrected chi connectivity index (χ1v) is 11.7. The molecule has 10 nitrogen and oxygen atoms in total. The average molecular weight is 492 g/mol. The zero-order valence-corrected chi connectivity index (χ0v) is 19.0. The summed E-state index contributed by atoms with van der Waals surface area (Å²) in [5.41, 5.74) is 0.842. The number of ether oxygens (including phenoxy) is 1. The third-order valence-electron chi connectivity index (χ3n) is 5.42. The lowest BCUT2D eigenvalue weighted by Gasteiger charge is -2.11. The molecule has 0 aliphatic rings. The predicted molar refractivity (Wildman–Crippen MR) is 126 cm³/mol. The van der Waals surface area contributed by atoms with E-state index in [4.69, 9.17) is 9.88 Å². The van der Waals surface area contributed by atoms with Crippen molar-refractivity contribution in [3.8, 4) is 28.3 Å². The Labute approximate surface area is 198 Å². The quantitative estimate of drug-likeness (QED) is 0.398.